The lowest BCUT2D eigenvalue weighted by molar-refractivity contribution is -0.149. The van der Waals surface area contributed by atoms with E-state index in [2.05, 4.69) is 11.8 Å². The van der Waals surface area contributed by atoms with Crippen LogP contribution in [-0.2, 0) is 14.3 Å². The van der Waals surface area contributed by atoms with Crippen LogP contribution in [-0.4, -0.2) is 67.6 Å². The first-order valence-electron chi connectivity index (χ1n) is 7.83. The number of piperidine rings is 2. The van der Waals surface area contributed by atoms with Crippen LogP contribution in [0.5, 0.6) is 0 Å². The molecule has 2 unspecified atom stereocenters. The van der Waals surface area contributed by atoms with E-state index < -0.39 is 0 Å². The summed E-state index contributed by atoms with van der Waals surface area (Å²) in [7, 11) is 1.42. The molecule has 6 heteroatoms. The second kappa shape index (κ2) is 7.22. The van der Waals surface area contributed by atoms with Crippen LogP contribution < -0.4 is 5.73 Å². The van der Waals surface area contributed by atoms with Crippen LogP contribution >= 0.6 is 0 Å². The van der Waals surface area contributed by atoms with E-state index in [1.807, 2.05) is 4.90 Å². The predicted octanol–water partition coefficient (Wildman–Crippen LogP) is 0.0671. The summed E-state index contributed by atoms with van der Waals surface area (Å²) in [6, 6.07) is 0.173. The van der Waals surface area contributed by atoms with Crippen molar-refractivity contribution in [1.29, 1.82) is 0 Å². The first kappa shape index (κ1) is 16.2. The Morgan fingerprint density at radius 1 is 1.24 bits per heavy atom. The van der Waals surface area contributed by atoms with E-state index in [0.717, 1.165) is 19.5 Å². The van der Waals surface area contributed by atoms with Crippen LogP contribution in [0.4, 0.5) is 0 Å². The third kappa shape index (κ3) is 4.41. The van der Waals surface area contributed by atoms with Gasteiger partial charge in [-0.3, -0.25) is 14.5 Å². The molecule has 0 aliphatic carbocycles. The minimum Gasteiger partial charge on any atom is -0.469 e. The zero-order valence-corrected chi connectivity index (χ0v) is 13.1. The molecule has 0 aromatic rings. The standard InChI is InChI=1S/C15H27N3O3/c1-11-7-13(16)9-17(8-11)10-14(19)18-5-3-12(4-6-18)15(20)21-2/h11-13H,3-10,16H2,1-2H3. The van der Waals surface area contributed by atoms with Crippen LogP contribution in [0.15, 0.2) is 0 Å². The summed E-state index contributed by atoms with van der Waals surface area (Å²) in [5.41, 5.74) is 6.02. The molecule has 2 saturated heterocycles. The Balaban J connectivity index is 1.78. The summed E-state index contributed by atoms with van der Waals surface area (Å²) in [5, 5.41) is 0. The maximum absolute atomic E-state index is 12.4. The van der Waals surface area contributed by atoms with E-state index in [1.165, 1.54) is 7.11 Å². The Morgan fingerprint density at radius 2 is 1.90 bits per heavy atom. The highest BCUT2D eigenvalue weighted by molar-refractivity contribution is 5.79. The van der Waals surface area contributed by atoms with Crippen molar-refractivity contribution in [3.05, 3.63) is 0 Å². The number of amides is 1. The van der Waals surface area contributed by atoms with E-state index in [0.29, 0.717) is 38.4 Å². The molecule has 1 amide bonds. The summed E-state index contributed by atoms with van der Waals surface area (Å²) in [5.74, 6) is 0.492. The van der Waals surface area contributed by atoms with Gasteiger partial charge < -0.3 is 15.4 Å². The summed E-state index contributed by atoms with van der Waals surface area (Å²) in [4.78, 5) is 27.9. The third-order valence-corrected chi connectivity index (χ3v) is 4.51. The Bertz CT molecular complexity index is 370. The average Bonchev–Trinajstić information content (AvgIpc) is 2.45. The van der Waals surface area contributed by atoms with Gasteiger partial charge in [-0.2, -0.15) is 0 Å². The highest BCUT2D eigenvalue weighted by Gasteiger charge is 2.30. The quantitative estimate of drug-likeness (QED) is 0.746. The smallest absolute Gasteiger partial charge is 0.308 e. The number of rotatable bonds is 3. The number of hydrogen-bond acceptors (Lipinski definition) is 5. The van der Waals surface area contributed by atoms with E-state index in [9.17, 15) is 9.59 Å². The number of carbonyl (C=O) groups is 2. The van der Waals surface area contributed by atoms with Crippen molar-refractivity contribution in [2.24, 2.45) is 17.6 Å². The second-order valence-electron chi connectivity index (χ2n) is 6.47. The Hall–Kier alpha value is -1.14. The van der Waals surface area contributed by atoms with Crippen molar-refractivity contribution < 1.29 is 14.3 Å². The molecule has 0 saturated carbocycles. The van der Waals surface area contributed by atoms with Gasteiger partial charge in [0, 0.05) is 32.2 Å². The number of likely N-dealkylation sites (tertiary alicyclic amines) is 2. The number of hydrogen-bond donors (Lipinski definition) is 1. The van der Waals surface area contributed by atoms with Crippen molar-refractivity contribution in [2.45, 2.75) is 32.2 Å². The first-order chi connectivity index (χ1) is 9.99. The molecule has 2 heterocycles. The molecule has 0 radical (unpaired) electrons. The minimum absolute atomic E-state index is 0.0533. The molecule has 2 fully saturated rings. The summed E-state index contributed by atoms with van der Waals surface area (Å²) in [6.45, 7) is 5.66. The fourth-order valence-electron chi connectivity index (χ4n) is 3.46. The number of esters is 1. The number of carbonyl (C=O) groups excluding carboxylic acids is 2. The van der Waals surface area contributed by atoms with Gasteiger partial charge in [0.25, 0.3) is 0 Å². The lowest BCUT2D eigenvalue weighted by Crippen LogP contribution is -2.51. The lowest BCUT2D eigenvalue weighted by Gasteiger charge is -2.37. The molecule has 0 spiro atoms. The topological polar surface area (TPSA) is 75.9 Å². The van der Waals surface area contributed by atoms with Gasteiger partial charge in [-0.1, -0.05) is 6.92 Å². The van der Waals surface area contributed by atoms with E-state index in [4.69, 9.17) is 10.5 Å². The number of nitrogens with zero attached hydrogens (tertiary/aromatic N) is 2. The molecule has 0 aromatic heterocycles. The van der Waals surface area contributed by atoms with Crippen LogP contribution in [0.3, 0.4) is 0 Å². The lowest BCUT2D eigenvalue weighted by atomic mass is 9.96. The largest absolute Gasteiger partial charge is 0.469 e. The molecular weight excluding hydrogens is 270 g/mol. The highest BCUT2D eigenvalue weighted by atomic mass is 16.5. The average molecular weight is 297 g/mol. The monoisotopic (exact) mass is 297 g/mol. The van der Waals surface area contributed by atoms with Crippen LogP contribution in [0, 0.1) is 11.8 Å². The molecule has 6 nitrogen and oxygen atoms in total. The van der Waals surface area contributed by atoms with Gasteiger partial charge in [-0.25, -0.2) is 0 Å². The van der Waals surface area contributed by atoms with Gasteiger partial charge in [-0.05, 0) is 25.2 Å². The van der Waals surface area contributed by atoms with Crippen molar-refractivity contribution >= 4 is 11.9 Å². The number of ether oxygens (including phenoxy) is 1. The molecule has 2 aliphatic rings. The predicted molar refractivity (Wildman–Crippen MR) is 79.5 cm³/mol. The Labute approximate surface area is 126 Å². The van der Waals surface area contributed by atoms with E-state index >= 15 is 0 Å². The fraction of sp³-hybridized carbons (Fsp3) is 0.867. The molecule has 2 aliphatic heterocycles. The molecule has 2 rings (SSSR count). The molecule has 0 aromatic carbocycles. The summed E-state index contributed by atoms with van der Waals surface area (Å²) < 4.78 is 4.77. The molecule has 120 valence electrons. The molecule has 2 N–H and O–H groups in total. The number of nitrogens with two attached hydrogens (primary N) is 1. The molecule has 0 bridgehead atoms. The maximum atomic E-state index is 12.4. The van der Waals surface area contributed by atoms with E-state index in [1.54, 1.807) is 0 Å². The van der Waals surface area contributed by atoms with Gasteiger partial charge >= 0.3 is 5.97 Å². The SMILES string of the molecule is COC(=O)C1CCN(C(=O)CN2CC(C)CC(N)C2)CC1. The van der Waals surface area contributed by atoms with Gasteiger partial charge in [0.05, 0.1) is 19.6 Å². The van der Waals surface area contributed by atoms with Gasteiger partial charge in [0.15, 0.2) is 0 Å². The fourth-order valence-corrected chi connectivity index (χ4v) is 3.46. The van der Waals surface area contributed by atoms with Crippen molar-refractivity contribution in [1.82, 2.24) is 9.80 Å². The van der Waals surface area contributed by atoms with Crippen LogP contribution in [0.2, 0.25) is 0 Å². The Morgan fingerprint density at radius 3 is 2.48 bits per heavy atom. The van der Waals surface area contributed by atoms with Gasteiger partial charge in [0.2, 0.25) is 5.91 Å². The van der Waals surface area contributed by atoms with Gasteiger partial charge in [-0.15, -0.1) is 0 Å². The first-order valence-corrected chi connectivity index (χ1v) is 7.83. The highest BCUT2D eigenvalue weighted by Crippen LogP contribution is 2.19. The third-order valence-electron chi connectivity index (χ3n) is 4.51. The zero-order chi connectivity index (χ0) is 15.4. The van der Waals surface area contributed by atoms with Crippen molar-refractivity contribution in [3.8, 4) is 0 Å². The van der Waals surface area contributed by atoms with Crippen molar-refractivity contribution in [2.75, 3.05) is 39.8 Å². The van der Waals surface area contributed by atoms with E-state index in [-0.39, 0.29) is 23.8 Å². The molecule has 21 heavy (non-hydrogen) atoms. The normalized spacial score (nSPS) is 28.4. The second-order valence-corrected chi connectivity index (χ2v) is 6.47. The number of methoxy groups -OCH3 is 1. The molecular formula is C15H27N3O3. The summed E-state index contributed by atoms with van der Waals surface area (Å²) >= 11 is 0. The zero-order valence-electron chi connectivity index (χ0n) is 13.1. The maximum Gasteiger partial charge on any atom is 0.308 e. The van der Waals surface area contributed by atoms with Gasteiger partial charge in [0.1, 0.15) is 0 Å². The van der Waals surface area contributed by atoms with Crippen LogP contribution in [0.1, 0.15) is 26.2 Å². The summed E-state index contributed by atoms with van der Waals surface area (Å²) in [6.07, 6.45) is 2.44. The van der Waals surface area contributed by atoms with Crippen molar-refractivity contribution in [3.63, 3.8) is 0 Å². The Kier molecular flexibility index (Phi) is 5.58. The molecule has 2 atom stereocenters. The van der Waals surface area contributed by atoms with Crippen LogP contribution in [0.25, 0.3) is 0 Å². The minimum atomic E-state index is -0.155.